The average molecular weight is 195 g/mol. The van der Waals surface area contributed by atoms with Crippen molar-refractivity contribution in [3.05, 3.63) is 0 Å². The lowest BCUT2D eigenvalue weighted by molar-refractivity contribution is -0.726. The van der Waals surface area contributed by atoms with Crippen LogP contribution in [0.4, 0.5) is 0 Å². The molecule has 0 aromatic carbocycles. The number of hydrogen-bond acceptors (Lipinski definition) is 0. The van der Waals surface area contributed by atoms with Crippen LogP contribution < -0.4 is 5.32 Å². The molecule has 1 nitrogen and oxygen atoms in total. The van der Waals surface area contributed by atoms with E-state index >= 15 is 0 Å². The molecule has 0 aromatic rings. The lowest BCUT2D eigenvalue weighted by atomic mass is 10.0. The third-order valence-electron chi connectivity index (χ3n) is 2.71. The predicted octanol–water partition coefficient (Wildman–Crippen LogP) is 2.06. The zero-order valence-electron chi connectivity index (χ0n) is 9.29. The molecule has 0 saturated carbocycles. The van der Waals surface area contributed by atoms with Crippen LogP contribution in [-0.4, -0.2) is 12.1 Å². The smallest absolute Gasteiger partial charge is 0.0855 e. The van der Waals surface area contributed by atoms with Crippen LogP contribution in [0.2, 0.25) is 0 Å². The Morgan fingerprint density at radius 2 is 0.917 bits per heavy atom. The molecule has 0 saturated heterocycles. The Hall–Kier alpha value is 0.250. The van der Waals surface area contributed by atoms with Gasteiger partial charge >= 0.3 is 0 Å². The highest BCUT2D eigenvalue weighted by Crippen LogP contribution is 1.98. The largest absolute Gasteiger partial charge is 0.341 e. The molecule has 0 rings (SSSR count). The molecule has 0 aliphatic rings. The minimum Gasteiger partial charge on any atom is -0.341 e. The lowest BCUT2D eigenvalue weighted by Gasteiger charge is -2.21. The molecule has 0 amide bonds. The van der Waals surface area contributed by atoms with E-state index in [1.54, 1.807) is 0 Å². The number of hydrogen-bond donors (Lipinski definition) is 1. The fourth-order valence-corrected chi connectivity index (χ4v) is 0.923. The SMILES string of the molecule is CC(C)C(C)[NH2+]C(C)C(C)C.Cl. The van der Waals surface area contributed by atoms with Crippen molar-refractivity contribution in [2.75, 3.05) is 0 Å². The van der Waals surface area contributed by atoms with Gasteiger partial charge in [0.1, 0.15) is 0 Å². The molecular formula is C10H25ClN+. The van der Waals surface area contributed by atoms with Gasteiger partial charge in [-0.3, -0.25) is 0 Å². The van der Waals surface area contributed by atoms with Crippen LogP contribution in [-0.2, 0) is 0 Å². The summed E-state index contributed by atoms with van der Waals surface area (Å²) in [5, 5.41) is 2.48. The maximum absolute atomic E-state index is 2.48. The second kappa shape index (κ2) is 6.73. The van der Waals surface area contributed by atoms with Crippen LogP contribution >= 0.6 is 12.4 Å². The summed E-state index contributed by atoms with van der Waals surface area (Å²) in [6.45, 7) is 13.8. The van der Waals surface area contributed by atoms with E-state index in [4.69, 9.17) is 0 Å². The van der Waals surface area contributed by atoms with E-state index < -0.39 is 0 Å². The van der Waals surface area contributed by atoms with Crippen molar-refractivity contribution in [1.29, 1.82) is 0 Å². The Morgan fingerprint density at radius 3 is 1.08 bits per heavy atom. The summed E-state index contributed by atoms with van der Waals surface area (Å²) in [7, 11) is 0. The molecule has 0 bridgehead atoms. The first-order chi connectivity index (χ1) is 4.95. The van der Waals surface area contributed by atoms with Gasteiger partial charge in [0.05, 0.1) is 12.1 Å². The molecule has 12 heavy (non-hydrogen) atoms. The third kappa shape index (κ3) is 5.84. The fraction of sp³-hybridized carbons (Fsp3) is 1.00. The second-order valence-corrected chi connectivity index (χ2v) is 4.40. The minimum absolute atomic E-state index is 0. The Kier molecular flexibility index (Phi) is 8.28. The molecule has 2 N–H and O–H groups in total. The van der Waals surface area contributed by atoms with Crippen molar-refractivity contribution in [2.45, 2.75) is 53.6 Å². The van der Waals surface area contributed by atoms with Gasteiger partial charge in [-0.25, -0.2) is 0 Å². The van der Waals surface area contributed by atoms with Gasteiger partial charge in [-0.2, -0.15) is 0 Å². The molecular weight excluding hydrogens is 170 g/mol. The fourth-order valence-electron chi connectivity index (χ4n) is 0.923. The first-order valence-electron chi connectivity index (χ1n) is 4.80. The van der Waals surface area contributed by atoms with Gasteiger partial charge in [-0.1, -0.05) is 27.7 Å². The molecule has 0 aliphatic carbocycles. The van der Waals surface area contributed by atoms with Crippen LogP contribution in [0, 0.1) is 11.8 Å². The van der Waals surface area contributed by atoms with Crippen molar-refractivity contribution in [2.24, 2.45) is 11.8 Å². The number of rotatable bonds is 4. The van der Waals surface area contributed by atoms with Gasteiger partial charge < -0.3 is 5.32 Å². The molecule has 0 aliphatic heterocycles. The summed E-state index contributed by atoms with van der Waals surface area (Å²) in [5.74, 6) is 1.58. The van der Waals surface area contributed by atoms with Gasteiger partial charge in [0.25, 0.3) is 0 Å². The molecule has 2 atom stereocenters. The van der Waals surface area contributed by atoms with E-state index in [1.807, 2.05) is 0 Å². The quantitative estimate of drug-likeness (QED) is 0.706. The maximum atomic E-state index is 2.48. The second-order valence-electron chi connectivity index (χ2n) is 4.40. The van der Waals surface area contributed by atoms with Crippen molar-refractivity contribution in [1.82, 2.24) is 0 Å². The van der Waals surface area contributed by atoms with Gasteiger partial charge in [-0.15, -0.1) is 12.4 Å². The van der Waals surface area contributed by atoms with Gasteiger partial charge in [0.15, 0.2) is 0 Å². The van der Waals surface area contributed by atoms with E-state index in [0.717, 1.165) is 23.9 Å². The summed E-state index contributed by atoms with van der Waals surface area (Å²) in [4.78, 5) is 0. The van der Waals surface area contributed by atoms with Crippen molar-refractivity contribution >= 4 is 12.4 Å². The highest BCUT2D eigenvalue weighted by atomic mass is 35.5. The summed E-state index contributed by atoms with van der Waals surface area (Å²) in [5.41, 5.74) is 0. The Bertz CT molecular complexity index is 90.0. The molecule has 0 radical (unpaired) electrons. The lowest BCUT2D eigenvalue weighted by Crippen LogP contribution is -2.95. The Morgan fingerprint density at radius 1 is 0.667 bits per heavy atom. The van der Waals surface area contributed by atoms with E-state index in [1.165, 1.54) is 0 Å². The van der Waals surface area contributed by atoms with Crippen LogP contribution in [0.15, 0.2) is 0 Å². The number of nitrogens with two attached hydrogens (primary N) is 1. The summed E-state index contributed by atoms with van der Waals surface area (Å²) < 4.78 is 0. The monoisotopic (exact) mass is 194 g/mol. The van der Waals surface area contributed by atoms with E-state index in [2.05, 4.69) is 46.9 Å². The molecule has 2 heteroatoms. The zero-order chi connectivity index (χ0) is 9.02. The van der Waals surface area contributed by atoms with Crippen molar-refractivity contribution < 1.29 is 5.32 Å². The molecule has 0 heterocycles. The van der Waals surface area contributed by atoms with Crippen LogP contribution in [0.1, 0.15) is 41.5 Å². The first kappa shape index (κ1) is 14.8. The Labute approximate surface area is 83.7 Å². The third-order valence-corrected chi connectivity index (χ3v) is 2.71. The van der Waals surface area contributed by atoms with E-state index in [9.17, 15) is 0 Å². The summed E-state index contributed by atoms with van der Waals surface area (Å²) in [6.07, 6.45) is 0. The van der Waals surface area contributed by atoms with Crippen LogP contribution in [0.25, 0.3) is 0 Å². The van der Waals surface area contributed by atoms with Crippen LogP contribution in [0.5, 0.6) is 0 Å². The zero-order valence-corrected chi connectivity index (χ0v) is 10.1. The maximum Gasteiger partial charge on any atom is 0.0855 e. The average Bonchev–Trinajstić information content (AvgIpc) is 1.87. The normalized spacial score (nSPS) is 16.0. The standard InChI is InChI=1S/C10H23N.ClH/c1-7(2)9(5)11-10(6)8(3)4;/h7-11H,1-6H3;1H/p+1. The molecule has 0 aromatic heterocycles. The van der Waals surface area contributed by atoms with Crippen LogP contribution in [0.3, 0.4) is 0 Å². The van der Waals surface area contributed by atoms with Gasteiger partial charge in [0.2, 0.25) is 0 Å². The predicted molar refractivity (Wildman–Crippen MR) is 57.8 cm³/mol. The number of halogens is 1. The minimum atomic E-state index is 0. The highest BCUT2D eigenvalue weighted by molar-refractivity contribution is 5.85. The van der Waals surface area contributed by atoms with Gasteiger partial charge in [-0.05, 0) is 13.8 Å². The molecule has 0 spiro atoms. The molecule has 0 fully saturated rings. The summed E-state index contributed by atoms with van der Waals surface area (Å²) >= 11 is 0. The molecule has 2 unspecified atom stereocenters. The molecule has 76 valence electrons. The first-order valence-corrected chi connectivity index (χ1v) is 4.80. The topological polar surface area (TPSA) is 16.6 Å². The van der Waals surface area contributed by atoms with Gasteiger partial charge in [0, 0.05) is 11.8 Å². The summed E-state index contributed by atoms with van der Waals surface area (Å²) in [6, 6.07) is 1.51. The van der Waals surface area contributed by atoms with Crippen molar-refractivity contribution in [3.63, 3.8) is 0 Å². The number of quaternary nitrogens is 1. The van der Waals surface area contributed by atoms with Crippen molar-refractivity contribution in [3.8, 4) is 0 Å². The van der Waals surface area contributed by atoms with E-state index in [0.29, 0.717) is 0 Å². The highest BCUT2D eigenvalue weighted by Gasteiger charge is 2.16. The Balaban J connectivity index is 0. The van der Waals surface area contributed by atoms with E-state index in [-0.39, 0.29) is 12.4 Å².